The van der Waals surface area contributed by atoms with Crippen LogP contribution in [0, 0.1) is 0 Å². The molecule has 2 aromatic rings. The van der Waals surface area contributed by atoms with Crippen LogP contribution in [0.2, 0.25) is 0 Å². The van der Waals surface area contributed by atoms with E-state index in [2.05, 4.69) is 71.5 Å². The number of ether oxygens (including phenoxy) is 1. The first-order valence-corrected chi connectivity index (χ1v) is 9.67. The molecule has 0 bridgehead atoms. The Bertz CT molecular complexity index is 676. The van der Waals surface area contributed by atoms with Crippen LogP contribution in [0.5, 0.6) is 5.75 Å². The van der Waals surface area contributed by atoms with Crippen molar-refractivity contribution in [1.29, 1.82) is 0 Å². The summed E-state index contributed by atoms with van der Waals surface area (Å²) in [5.41, 5.74) is 2.34. The topological polar surface area (TPSA) is 15.7 Å². The fourth-order valence-corrected chi connectivity index (χ4v) is 3.19. The van der Waals surface area contributed by atoms with Crippen molar-refractivity contribution >= 4 is 12.2 Å². The van der Waals surface area contributed by atoms with Crippen LogP contribution in [0.4, 0.5) is 0 Å². The molecule has 3 rings (SSSR count). The molecule has 1 saturated heterocycles. The summed E-state index contributed by atoms with van der Waals surface area (Å²) in [5, 5.41) is 0. The number of likely N-dealkylation sites (N-methyl/N-ethyl adjacent to an activating group) is 1. The van der Waals surface area contributed by atoms with Crippen LogP contribution < -0.4 is 4.74 Å². The van der Waals surface area contributed by atoms with Gasteiger partial charge < -0.3 is 14.5 Å². The molecule has 2 aromatic carbocycles. The maximum Gasteiger partial charge on any atom is 0.126 e. The summed E-state index contributed by atoms with van der Waals surface area (Å²) < 4.78 is 6.05. The largest absolute Gasteiger partial charge is 0.493 e. The molecule has 0 aromatic heterocycles. The van der Waals surface area contributed by atoms with Gasteiger partial charge in [-0.15, -0.1) is 0 Å². The second kappa shape index (κ2) is 10.1. The van der Waals surface area contributed by atoms with Crippen LogP contribution in [0.15, 0.2) is 54.6 Å². The highest BCUT2D eigenvalue weighted by Gasteiger charge is 2.12. The number of hydrogen-bond acceptors (Lipinski definition) is 3. The first-order valence-electron chi connectivity index (χ1n) is 9.67. The molecule has 3 nitrogen and oxygen atoms in total. The lowest BCUT2D eigenvalue weighted by molar-refractivity contribution is 0.150. The van der Waals surface area contributed by atoms with Gasteiger partial charge in [-0.3, -0.25) is 0 Å². The van der Waals surface area contributed by atoms with E-state index in [0.717, 1.165) is 24.3 Å². The predicted molar refractivity (Wildman–Crippen MR) is 110 cm³/mol. The smallest absolute Gasteiger partial charge is 0.126 e. The van der Waals surface area contributed by atoms with E-state index in [9.17, 15) is 0 Å². The normalized spacial score (nSPS) is 16.2. The van der Waals surface area contributed by atoms with Gasteiger partial charge in [0.25, 0.3) is 0 Å². The van der Waals surface area contributed by atoms with Crippen molar-refractivity contribution in [3.8, 4) is 5.75 Å². The van der Waals surface area contributed by atoms with Gasteiger partial charge in [-0.1, -0.05) is 60.7 Å². The van der Waals surface area contributed by atoms with Gasteiger partial charge in [-0.2, -0.15) is 0 Å². The molecule has 138 valence electrons. The summed E-state index contributed by atoms with van der Waals surface area (Å²) in [4.78, 5) is 4.97. The minimum Gasteiger partial charge on any atom is -0.493 e. The van der Waals surface area contributed by atoms with E-state index in [-0.39, 0.29) is 0 Å². The molecule has 1 aliphatic rings. The Hall–Kier alpha value is -2.10. The molecule has 1 fully saturated rings. The van der Waals surface area contributed by atoms with Crippen LogP contribution in [0.3, 0.4) is 0 Å². The summed E-state index contributed by atoms with van der Waals surface area (Å²) >= 11 is 0. The first-order chi connectivity index (χ1) is 12.8. The third-order valence-corrected chi connectivity index (χ3v) is 4.90. The Morgan fingerprint density at radius 3 is 2.38 bits per heavy atom. The molecule has 26 heavy (non-hydrogen) atoms. The van der Waals surface area contributed by atoms with Gasteiger partial charge in [0.15, 0.2) is 0 Å². The number of rotatable bonds is 8. The molecule has 0 spiro atoms. The Kier molecular flexibility index (Phi) is 7.29. The van der Waals surface area contributed by atoms with Gasteiger partial charge in [0.2, 0.25) is 0 Å². The second-order valence-corrected chi connectivity index (χ2v) is 6.98. The van der Waals surface area contributed by atoms with Crippen LogP contribution in [0.25, 0.3) is 12.2 Å². The maximum absolute atomic E-state index is 6.05. The zero-order valence-corrected chi connectivity index (χ0v) is 15.8. The Morgan fingerprint density at radius 1 is 0.846 bits per heavy atom. The summed E-state index contributed by atoms with van der Waals surface area (Å²) in [6.45, 7) is 6.75. The lowest BCUT2D eigenvalue weighted by Crippen LogP contribution is -2.44. The average molecular weight is 351 g/mol. The van der Waals surface area contributed by atoms with E-state index in [1.54, 1.807) is 0 Å². The lowest BCUT2D eigenvalue weighted by atomic mass is 10.1. The van der Waals surface area contributed by atoms with Gasteiger partial charge in [0.1, 0.15) is 5.75 Å². The van der Waals surface area contributed by atoms with Crippen LogP contribution in [0.1, 0.15) is 24.0 Å². The molecule has 0 N–H and O–H groups in total. The minimum atomic E-state index is 0.782. The van der Waals surface area contributed by atoms with Crippen LogP contribution >= 0.6 is 0 Å². The summed E-state index contributed by atoms with van der Waals surface area (Å²) in [5.74, 6) is 0.972. The van der Waals surface area contributed by atoms with E-state index in [0.29, 0.717) is 0 Å². The standard InChI is InChI=1S/C23H30N2O/c1-24-16-18-25(19-17-24)15-7-8-20-26-23-12-6-5-11-22(23)14-13-21-9-3-2-4-10-21/h2-6,9-14H,7-8,15-20H2,1H3. The van der Waals surface area contributed by atoms with Gasteiger partial charge in [0, 0.05) is 31.7 Å². The zero-order valence-electron chi connectivity index (χ0n) is 15.8. The SMILES string of the molecule is CN1CCN(CCCCOc2ccccc2C=Cc2ccccc2)CC1. The zero-order chi connectivity index (χ0) is 18.0. The first kappa shape index (κ1) is 18.7. The third kappa shape index (κ3) is 6.01. The molecular formula is C23H30N2O. The van der Waals surface area contributed by atoms with Crippen molar-refractivity contribution in [2.45, 2.75) is 12.8 Å². The highest BCUT2D eigenvalue weighted by atomic mass is 16.5. The highest BCUT2D eigenvalue weighted by Crippen LogP contribution is 2.21. The maximum atomic E-state index is 6.05. The second-order valence-electron chi connectivity index (χ2n) is 6.98. The van der Waals surface area contributed by atoms with Crippen molar-refractivity contribution in [2.24, 2.45) is 0 Å². The number of nitrogens with zero attached hydrogens (tertiary/aromatic N) is 2. The molecule has 0 saturated carbocycles. The number of para-hydroxylation sites is 1. The van der Waals surface area contributed by atoms with E-state index in [1.807, 2.05) is 12.1 Å². The molecule has 0 amide bonds. The van der Waals surface area contributed by atoms with Crippen molar-refractivity contribution in [1.82, 2.24) is 9.80 Å². The predicted octanol–water partition coefficient (Wildman–Crippen LogP) is 4.26. The van der Waals surface area contributed by atoms with E-state index < -0.39 is 0 Å². The Labute approximate surface area is 157 Å². The Balaban J connectivity index is 1.43. The fraction of sp³-hybridized carbons (Fsp3) is 0.391. The van der Waals surface area contributed by atoms with Gasteiger partial charge in [0.05, 0.1) is 6.61 Å². The molecule has 0 unspecified atom stereocenters. The quantitative estimate of drug-likeness (QED) is 0.522. The van der Waals surface area contributed by atoms with E-state index >= 15 is 0 Å². The van der Waals surface area contributed by atoms with Gasteiger partial charge in [-0.25, -0.2) is 0 Å². The van der Waals surface area contributed by atoms with E-state index in [1.165, 1.54) is 44.7 Å². The fourth-order valence-electron chi connectivity index (χ4n) is 3.19. The van der Waals surface area contributed by atoms with Crippen molar-refractivity contribution in [3.05, 3.63) is 65.7 Å². The number of piperazine rings is 1. The third-order valence-electron chi connectivity index (χ3n) is 4.90. The van der Waals surface area contributed by atoms with E-state index in [4.69, 9.17) is 4.74 Å². The Morgan fingerprint density at radius 2 is 1.58 bits per heavy atom. The number of benzene rings is 2. The van der Waals surface area contributed by atoms with Crippen molar-refractivity contribution in [3.63, 3.8) is 0 Å². The average Bonchev–Trinajstić information content (AvgIpc) is 2.69. The monoisotopic (exact) mass is 350 g/mol. The highest BCUT2D eigenvalue weighted by molar-refractivity contribution is 5.72. The number of unbranched alkanes of at least 4 members (excludes halogenated alkanes) is 1. The van der Waals surface area contributed by atoms with Crippen LogP contribution in [-0.2, 0) is 0 Å². The van der Waals surface area contributed by atoms with Crippen molar-refractivity contribution < 1.29 is 4.74 Å². The van der Waals surface area contributed by atoms with Gasteiger partial charge >= 0.3 is 0 Å². The number of hydrogen-bond donors (Lipinski definition) is 0. The lowest BCUT2D eigenvalue weighted by Gasteiger charge is -2.32. The summed E-state index contributed by atoms with van der Waals surface area (Å²) in [6.07, 6.45) is 6.57. The molecule has 3 heteroatoms. The molecule has 1 aliphatic heterocycles. The molecule has 0 aliphatic carbocycles. The summed E-state index contributed by atoms with van der Waals surface area (Å²) in [6, 6.07) is 18.6. The minimum absolute atomic E-state index is 0.782. The molecular weight excluding hydrogens is 320 g/mol. The van der Waals surface area contributed by atoms with Crippen LogP contribution in [-0.4, -0.2) is 56.2 Å². The molecule has 0 radical (unpaired) electrons. The molecule has 1 heterocycles. The summed E-state index contributed by atoms with van der Waals surface area (Å²) in [7, 11) is 2.20. The van der Waals surface area contributed by atoms with Gasteiger partial charge in [-0.05, 0) is 38.1 Å². The van der Waals surface area contributed by atoms with Crippen molar-refractivity contribution in [2.75, 3.05) is 46.4 Å². The molecule has 0 atom stereocenters.